The summed E-state index contributed by atoms with van der Waals surface area (Å²) in [4.78, 5) is 2.34. The summed E-state index contributed by atoms with van der Waals surface area (Å²) in [5.41, 5.74) is 6.02. The second-order valence-corrected chi connectivity index (χ2v) is 3.92. The zero-order chi connectivity index (χ0) is 9.68. The molecule has 0 heterocycles. The Morgan fingerprint density at radius 3 is 2.62 bits per heavy atom. The molecule has 0 aromatic heterocycles. The van der Waals surface area contributed by atoms with Crippen LogP contribution in [-0.2, 0) is 0 Å². The Kier molecular flexibility index (Phi) is 4.70. The van der Waals surface area contributed by atoms with Crippen LogP contribution in [0.4, 0.5) is 0 Å². The molecule has 1 fully saturated rings. The molecule has 2 unspecified atom stereocenters. The summed E-state index contributed by atoms with van der Waals surface area (Å²) in [5.74, 6) is 0. The number of rotatable bonds is 5. The van der Waals surface area contributed by atoms with Crippen LogP contribution in [0.1, 0.15) is 32.6 Å². The van der Waals surface area contributed by atoms with Crippen molar-refractivity contribution in [2.75, 3.05) is 19.7 Å². The minimum absolute atomic E-state index is 0.253. The third-order valence-corrected chi connectivity index (χ3v) is 2.90. The first-order chi connectivity index (χ1) is 6.29. The molecule has 0 spiro atoms. The van der Waals surface area contributed by atoms with E-state index in [-0.39, 0.29) is 6.61 Å². The van der Waals surface area contributed by atoms with Crippen LogP contribution in [0.15, 0.2) is 0 Å². The van der Waals surface area contributed by atoms with E-state index < -0.39 is 0 Å². The highest BCUT2D eigenvalue weighted by Gasteiger charge is 2.28. The van der Waals surface area contributed by atoms with E-state index in [0.29, 0.717) is 12.1 Å². The van der Waals surface area contributed by atoms with Crippen LogP contribution in [0, 0.1) is 0 Å². The predicted molar refractivity (Wildman–Crippen MR) is 54.6 cm³/mol. The minimum atomic E-state index is 0.253. The first-order valence-corrected chi connectivity index (χ1v) is 5.40. The molecular formula is C10H22N2O. The van der Waals surface area contributed by atoms with Crippen LogP contribution in [0.5, 0.6) is 0 Å². The fourth-order valence-electron chi connectivity index (χ4n) is 2.28. The largest absolute Gasteiger partial charge is 0.395 e. The molecular weight excluding hydrogens is 164 g/mol. The molecule has 2 atom stereocenters. The predicted octanol–water partition coefficient (Wildman–Crippen LogP) is 0.571. The van der Waals surface area contributed by atoms with Crippen molar-refractivity contribution in [3.05, 3.63) is 0 Å². The van der Waals surface area contributed by atoms with Crippen molar-refractivity contribution in [1.29, 1.82) is 0 Å². The molecule has 1 rings (SSSR count). The standard InChI is InChI=1S/C10H22N2O/c1-2-6-12(7-8-13)10-5-3-4-9(10)11/h9-10,13H,2-8,11H2,1H3. The first kappa shape index (κ1) is 11.0. The summed E-state index contributed by atoms with van der Waals surface area (Å²) in [5, 5.41) is 8.93. The van der Waals surface area contributed by atoms with Gasteiger partial charge in [-0.25, -0.2) is 0 Å². The number of hydrogen-bond acceptors (Lipinski definition) is 3. The fraction of sp³-hybridized carbons (Fsp3) is 1.00. The highest BCUT2D eigenvalue weighted by molar-refractivity contribution is 4.87. The van der Waals surface area contributed by atoms with Crippen molar-refractivity contribution in [3.8, 4) is 0 Å². The SMILES string of the molecule is CCCN(CCO)C1CCCC1N. The minimum Gasteiger partial charge on any atom is -0.395 e. The molecule has 0 aromatic carbocycles. The quantitative estimate of drug-likeness (QED) is 0.660. The topological polar surface area (TPSA) is 49.5 Å². The molecule has 1 aliphatic carbocycles. The molecule has 78 valence electrons. The van der Waals surface area contributed by atoms with Gasteiger partial charge in [0.25, 0.3) is 0 Å². The molecule has 0 aliphatic heterocycles. The van der Waals surface area contributed by atoms with Crippen molar-refractivity contribution in [1.82, 2.24) is 4.90 Å². The van der Waals surface area contributed by atoms with Gasteiger partial charge in [-0.3, -0.25) is 4.90 Å². The monoisotopic (exact) mass is 186 g/mol. The molecule has 3 nitrogen and oxygen atoms in total. The maximum atomic E-state index is 8.93. The highest BCUT2D eigenvalue weighted by Crippen LogP contribution is 2.22. The Balaban J connectivity index is 2.42. The average Bonchev–Trinajstić information content (AvgIpc) is 2.51. The van der Waals surface area contributed by atoms with Crippen LogP contribution in [0.25, 0.3) is 0 Å². The maximum absolute atomic E-state index is 8.93. The molecule has 3 N–H and O–H groups in total. The summed E-state index contributed by atoms with van der Waals surface area (Å²) in [7, 11) is 0. The van der Waals surface area contributed by atoms with Crippen molar-refractivity contribution in [2.45, 2.75) is 44.7 Å². The highest BCUT2D eigenvalue weighted by atomic mass is 16.3. The van der Waals surface area contributed by atoms with E-state index in [9.17, 15) is 0 Å². The van der Waals surface area contributed by atoms with Gasteiger partial charge in [0.15, 0.2) is 0 Å². The number of nitrogens with two attached hydrogens (primary N) is 1. The molecule has 0 aromatic rings. The van der Waals surface area contributed by atoms with Gasteiger partial charge < -0.3 is 10.8 Å². The van der Waals surface area contributed by atoms with E-state index in [1.807, 2.05) is 0 Å². The summed E-state index contributed by atoms with van der Waals surface area (Å²) in [6, 6.07) is 0.852. The first-order valence-electron chi connectivity index (χ1n) is 5.40. The molecule has 1 aliphatic rings. The van der Waals surface area contributed by atoms with Crippen LogP contribution in [0.3, 0.4) is 0 Å². The second kappa shape index (κ2) is 5.58. The Hall–Kier alpha value is -0.120. The summed E-state index contributed by atoms with van der Waals surface area (Å²) in [6.07, 6.45) is 4.75. The molecule has 0 radical (unpaired) electrons. The van der Waals surface area contributed by atoms with Gasteiger partial charge in [-0.05, 0) is 25.8 Å². The van der Waals surface area contributed by atoms with Gasteiger partial charge >= 0.3 is 0 Å². The second-order valence-electron chi connectivity index (χ2n) is 3.92. The lowest BCUT2D eigenvalue weighted by Crippen LogP contribution is -2.45. The molecule has 3 heteroatoms. The van der Waals surface area contributed by atoms with Crippen molar-refractivity contribution < 1.29 is 5.11 Å². The lowest BCUT2D eigenvalue weighted by atomic mass is 10.1. The summed E-state index contributed by atoms with van der Waals surface area (Å²) < 4.78 is 0. The van der Waals surface area contributed by atoms with Gasteiger partial charge in [0, 0.05) is 18.6 Å². The van der Waals surface area contributed by atoms with E-state index in [4.69, 9.17) is 10.8 Å². The molecule has 0 amide bonds. The zero-order valence-corrected chi connectivity index (χ0v) is 8.58. The van der Waals surface area contributed by atoms with Crippen molar-refractivity contribution >= 4 is 0 Å². The van der Waals surface area contributed by atoms with Gasteiger partial charge in [-0.1, -0.05) is 13.3 Å². The smallest absolute Gasteiger partial charge is 0.0558 e. The van der Waals surface area contributed by atoms with Crippen molar-refractivity contribution in [3.63, 3.8) is 0 Å². The molecule has 13 heavy (non-hydrogen) atoms. The van der Waals surface area contributed by atoms with Crippen LogP contribution < -0.4 is 5.73 Å². The number of nitrogens with zero attached hydrogens (tertiary/aromatic N) is 1. The average molecular weight is 186 g/mol. The number of aliphatic hydroxyl groups excluding tert-OH is 1. The Morgan fingerprint density at radius 1 is 1.38 bits per heavy atom. The van der Waals surface area contributed by atoms with Gasteiger partial charge in [-0.15, -0.1) is 0 Å². The van der Waals surface area contributed by atoms with E-state index in [1.165, 1.54) is 12.8 Å². The van der Waals surface area contributed by atoms with Crippen LogP contribution in [0.2, 0.25) is 0 Å². The summed E-state index contributed by atoms with van der Waals surface area (Å²) in [6.45, 7) is 4.28. The Bertz CT molecular complexity index is 135. The summed E-state index contributed by atoms with van der Waals surface area (Å²) >= 11 is 0. The fourth-order valence-corrected chi connectivity index (χ4v) is 2.28. The molecule has 1 saturated carbocycles. The van der Waals surface area contributed by atoms with Gasteiger partial charge in [0.1, 0.15) is 0 Å². The van der Waals surface area contributed by atoms with E-state index in [1.54, 1.807) is 0 Å². The van der Waals surface area contributed by atoms with Gasteiger partial charge in [0.2, 0.25) is 0 Å². The van der Waals surface area contributed by atoms with E-state index in [0.717, 1.165) is 25.9 Å². The lowest BCUT2D eigenvalue weighted by molar-refractivity contribution is 0.143. The van der Waals surface area contributed by atoms with Gasteiger partial charge in [0.05, 0.1) is 6.61 Å². The maximum Gasteiger partial charge on any atom is 0.0558 e. The van der Waals surface area contributed by atoms with Gasteiger partial charge in [-0.2, -0.15) is 0 Å². The number of aliphatic hydroxyl groups is 1. The van der Waals surface area contributed by atoms with E-state index >= 15 is 0 Å². The Labute approximate surface area is 80.9 Å². The van der Waals surface area contributed by atoms with Crippen LogP contribution >= 0.6 is 0 Å². The molecule has 0 saturated heterocycles. The third-order valence-electron chi connectivity index (χ3n) is 2.90. The van der Waals surface area contributed by atoms with E-state index in [2.05, 4.69) is 11.8 Å². The normalized spacial score (nSPS) is 28.6. The third kappa shape index (κ3) is 2.93. The Morgan fingerprint density at radius 2 is 2.15 bits per heavy atom. The zero-order valence-electron chi connectivity index (χ0n) is 8.58. The molecule has 0 bridgehead atoms. The lowest BCUT2D eigenvalue weighted by Gasteiger charge is -2.30. The number of hydrogen-bond donors (Lipinski definition) is 2. The van der Waals surface area contributed by atoms with Crippen molar-refractivity contribution in [2.24, 2.45) is 5.73 Å². The van der Waals surface area contributed by atoms with Crippen LogP contribution in [-0.4, -0.2) is 41.8 Å².